The number of hydrogen-bond donors (Lipinski definition) is 2. The van der Waals surface area contributed by atoms with Crippen LogP contribution in [-0.2, 0) is 6.42 Å². The van der Waals surface area contributed by atoms with Gasteiger partial charge in [0.05, 0.1) is 0 Å². The average molecular weight is 384 g/mol. The summed E-state index contributed by atoms with van der Waals surface area (Å²) in [7, 11) is 0. The van der Waals surface area contributed by atoms with Crippen LogP contribution < -0.4 is 5.56 Å². The van der Waals surface area contributed by atoms with E-state index in [0.29, 0.717) is 5.92 Å². The van der Waals surface area contributed by atoms with E-state index in [-0.39, 0.29) is 12.2 Å². The molecule has 0 spiro atoms. The molecule has 1 aromatic carbocycles. The number of thioether (sulfide) groups is 1. The Bertz CT molecular complexity index is 817. The second-order valence-corrected chi connectivity index (χ2v) is 8.32. The maximum absolute atomic E-state index is 12.3. The van der Waals surface area contributed by atoms with Crippen LogP contribution in [0.2, 0.25) is 0 Å². The van der Waals surface area contributed by atoms with Crippen LogP contribution in [0.25, 0.3) is 5.57 Å². The molecular formula is C23H29NO2S. The molecule has 4 heteroatoms. The van der Waals surface area contributed by atoms with Crippen molar-refractivity contribution in [1.82, 2.24) is 4.98 Å². The number of aliphatic hydroxyl groups excluding tert-OH is 1. The molecule has 1 heterocycles. The van der Waals surface area contributed by atoms with Crippen molar-refractivity contribution < 1.29 is 5.11 Å². The van der Waals surface area contributed by atoms with Gasteiger partial charge in [-0.1, -0.05) is 44.0 Å². The third-order valence-electron chi connectivity index (χ3n) is 5.20. The Hall–Kier alpha value is -1.78. The number of pyridine rings is 1. The molecule has 0 saturated heterocycles. The van der Waals surface area contributed by atoms with Crippen LogP contribution in [0, 0.1) is 5.92 Å². The van der Waals surface area contributed by atoms with Crippen LogP contribution in [0.3, 0.4) is 0 Å². The molecule has 2 N–H and O–H groups in total. The Balaban J connectivity index is 1.90. The van der Waals surface area contributed by atoms with Crippen molar-refractivity contribution in [2.75, 3.05) is 12.4 Å². The highest BCUT2D eigenvalue weighted by atomic mass is 32.2. The first-order valence-electron chi connectivity index (χ1n) is 9.99. The molecule has 0 unspecified atom stereocenters. The molecule has 2 aromatic rings. The molecule has 0 aliphatic heterocycles. The van der Waals surface area contributed by atoms with Gasteiger partial charge < -0.3 is 10.1 Å². The fourth-order valence-corrected chi connectivity index (χ4v) is 4.46. The van der Waals surface area contributed by atoms with Crippen LogP contribution in [0.4, 0.5) is 0 Å². The van der Waals surface area contributed by atoms with E-state index in [4.69, 9.17) is 5.11 Å². The van der Waals surface area contributed by atoms with Gasteiger partial charge >= 0.3 is 0 Å². The average Bonchev–Trinajstić information content (AvgIpc) is 3.20. The van der Waals surface area contributed by atoms with E-state index in [2.05, 4.69) is 35.3 Å². The van der Waals surface area contributed by atoms with Gasteiger partial charge in [-0.15, -0.1) is 11.8 Å². The quantitative estimate of drug-likeness (QED) is 0.496. The van der Waals surface area contributed by atoms with Crippen LogP contribution >= 0.6 is 11.8 Å². The van der Waals surface area contributed by atoms with E-state index in [9.17, 15) is 4.79 Å². The first-order chi connectivity index (χ1) is 13.2. The minimum atomic E-state index is 0.0171. The molecule has 3 rings (SSSR count). The Morgan fingerprint density at radius 3 is 2.56 bits per heavy atom. The number of aromatic nitrogens is 1. The highest BCUT2D eigenvalue weighted by Gasteiger charge is 2.16. The summed E-state index contributed by atoms with van der Waals surface area (Å²) in [5.41, 5.74) is 4.03. The molecule has 0 amide bonds. The third kappa shape index (κ3) is 5.36. The summed E-state index contributed by atoms with van der Waals surface area (Å²) in [5, 5.41) is 8.93. The molecule has 27 heavy (non-hydrogen) atoms. The van der Waals surface area contributed by atoms with Crippen molar-refractivity contribution in [2.45, 2.75) is 50.3 Å². The van der Waals surface area contributed by atoms with Gasteiger partial charge in [0, 0.05) is 34.1 Å². The number of benzene rings is 1. The minimum absolute atomic E-state index is 0.0171. The van der Waals surface area contributed by atoms with Gasteiger partial charge in [-0.25, -0.2) is 0 Å². The van der Waals surface area contributed by atoms with Gasteiger partial charge in [-0.05, 0) is 55.4 Å². The molecule has 0 bridgehead atoms. The number of H-pyrrole nitrogens is 1. The van der Waals surface area contributed by atoms with Crippen molar-refractivity contribution in [1.29, 1.82) is 0 Å². The third-order valence-corrected chi connectivity index (χ3v) is 6.30. The number of hydrogen-bond acceptors (Lipinski definition) is 3. The summed E-state index contributed by atoms with van der Waals surface area (Å²) < 4.78 is 0. The molecule has 3 nitrogen and oxygen atoms in total. The summed E-state index contributed by atoms with van der Waals surface area (Å²) in [4.78, 5) is 16.6. The molecule has 1 fully saturated rings. The van der Waals surface area contributed by atoms with Gasteiger partial charge in [0.15, 0.2) is 0 Å². The lowest BCUT2D eigenvalue weighted by Gasteiger charge is -2.13. The molecule has 1 aliphatic rings. The number of aryl methyl sites for hydroxylation is 1. The zero-order valence-corrected chi connectivity index (χ0v) is 16.9. The monoisotopic (exact) mass is 383 g/mol. The highest BCUT2D eigenvalue weighted by molar-refractivity contribution is 7.99. The lowest BCUT2D eigenvalue weighted by molar-refractivity contribution is 0.296. The molecule has 0 atom stereocenters. The lowest BCUT2D eigenvalue weighted by Crippen LogP contribution is -2.13. The zero-order chi connectivity index (χ0) is 19.1. The van der Waals surface area contributed by atoms with Gasteiger partial charge in [-0.3, -0.25) is 4.79 Å². The van der Waals surface area contributed by atoms with Gasteiger partial charge in [0.1, 0.15) is 0 Å². The number of aliphatic hydroxyl groups is 1. The van der Waals surface area contributed by atoms with E-state index in [1.807, 2.05) is 19.1 Å². The van der Waals surface area contributed by atoms with Crippen LogP contribution in [0.15, 0.2) is 52.2 Å². The van der Waals surface area contributed by atoms with Crippen LogP contribution in [-0.4, -0.2) is 22.5 Å². The van der Waals surface area contributed by atoms with Crippen LogP contribution in [0.1, 0.15) is 55.8 Å². The molecule has 1 aliphatic carbocycles. The predicted octanol–water partition coefficient (Wildman–Crippen LogP) is 5.03. The molecule has 1 aromatic heterocycles. The molecule has 0 radical (unpaired) electrons. The Kier molecular flexibility index (Phi) is 7.36. The molecule has 1 saturated carbocycles. The minimum Gasteiger partial charge on any atom is -0.396 e. The van der Waals surface area contributed by atoms with Crippen LogP contribution in [0.5, 0.6) is 0 Å². The molecule has 144 valence electrons. The SMILES string of the molecule is CCc1ccc(C(=CC2CCCC2)c2ccc(SCCCO)cc2)[nH]c1=O. The van der Waals surface area contributed by atoms with Crippen molar-refractivity contribution >= 4 is 17.3 Å². The Morgan fingerprint density at radius 1 is 1.19 bits per heavy atom. The fourth-order valence-electron chi connectivity index (χ4n) is 3.63. The summed E-state index contributed by atoms with van der Waals surface area (Å²) in [6, 6.07) is 12.6. The largest absolute Gasteiger partial charge is 0.396 e. The van der Waals surface area contributed by atoms with E-state index in [1.54, 1.807) is 11.8 Å². The first-order valence-corrected chi connectivity index (χ1v) is 11.0. The van der Waals surface area contributed by atoms with Crippen molar-refractivity contribution in [3.05, 3.63) is 69.6 Å². The number of aromatic amines is 1. The van der Waals surface area contributed by atoms with Crippen molar-refractivity contribution in [3.8, 4) is 0 Å². The standard InChI is InChI=1S/C23H29NO2S/c1-2-18-10-13-22(24-23(18)26)21(16-17-6-3-4-7-17)19-8-11-20(12-9-19)27-15-5-14-25/h8-13,16-17,25H,2-7,14-15H2,1H3,(H,24,26). The summed E-state index contributed by atoms with van der Waals surface area (Å²) in [5.74, 6) is 1.51. The zero-order valence-electron chi connectivity index (χ0n) is 16.0. The Morgan fingerprint density at radius 2 is 1.93 bits per heavy atom. The van der Waals surface area contributed by atoms with E-state index < -0.39 is 0 Å². The topological polar surface area (TPSA) is 53.1 Å². The van der Waals surface area contributed by atoms with Gasteiger partial charge in [0.25, 0.3) is 5.56 Å². The second-order valence-electron chi connectivity index (χ2n) is 7.15. The maximum atomic E-state index is 12.3. The highest BCUT2D eigenvalue weighted by Crippen LogP contribution is 2.32. The summed E-state index contributed by atoms with van der Waals surface area (Å²) in [6.07, 6.45) is 8.96. The second kappa shape index (κ2) is 9.95. The summed E-state index contributed by atoms with van der Waals surface area (Å²) >= 11 is 1.76. The summed E-state index contributed by atoms with van der Waals surface area (Å²) in [6.45, 7) is 2.24. The first kappa shape index (κ1) is 20.0. The van der Waals surface area contributed by atoms with Gasteiger partial charge in [0.2, 0.25) is 0 Å². The normalized spacial score (nSPS) is 15.4. The smallest absolute Gasteiger partial charge is 0.251 e. The van der Waals surface area contributed by atoms with E-state index in [1.165, 1.54) is 30.6 Å². The van der Waals surface area contributed by atoms with Gasteiger partial charge in [-0.2, -0.15) is 0 Å². The number of nitrogens with one attached hydrogen (secondary N) is 1. The number of rotatable bonds is 8. The number of allylic oxidation sites excluding steroid dienone is 1. The van der Waals surface area contributed by atoms with E-state index >= 15 is 0 Å². The van der Waals surface area contributed by atoms with Crippen molar-refractivity contribution in [2.24, 2.45) is 5.92 Å². The Labute approximate surface area is 165 Å². The van der Waals surface area contributed by atoms with E-state index in [0.717, 1.165) is 41.0 Å². The van der Waals surface area contributed by atoms with Crippen molar-refractivity contribution in [3.63, 3.8) is 0 Å². The predicted molar refractivity (Wildman–Crippen MR) is 114 cm³/mol. The lowest BCUT2D eigenvalue weighted by atomic mass is 9.95. The fraction of sp³-hybridized carbons (Fsp3) is 0.435. The molecular weight excluding hydrogens is 354 g/mol. The maximum Gasteiger partial charge on any atom is 0.251 e.